The second-order valence-electron chi connectivity index (χ2n) is 5.01. The van der Waals surface area contributed by atoms with Crippen LogP contribution < -0.4 is 11.1 Å². The smallest absolute Gasteiger partial charge is 0.237 e. The summed E-state index contributed by atoms with van der Waals surface area (Å²) in [6.07, 6.45) is 0.664. The molecule has 0 aliphatic rings. The standard InChI is InChI=1S/C14H21FN2O/c1-9(2)13(16)14(18)17-10(3)8-11-4-6-12(15)7-5-11/h4-7,9-10,13H,8,16H2,1-3H3,(H,17,18). The third-order valence-electron chi connectivity index (χ3n) is 2.86. The van der Waals surface area contributed by atoms with Gasteiger partial charge in [0.2, 0.25) is 5.91 Å². The number of rotatable bonds is 5. The molecule has 3 nitrogen and oxygen atoms in total. The van der Waals surface area contributed by atoms with Crippen LogP contribution in [0.3, 0.4) is 0 Å². The molecule has 0 heterocycles. The molecule has 0 spiro atoms. The van der Waals surface area contributed by atoms with Crippen LogP contribution >= 0.6 is 0 Å². The molecule has 3 N–H and O–H groups in total. The van der Waals surface area contributed by atoms with Gasteiger partial charge in [-0.05, 0) is 37.0 Å². The van der Waals surface area contributed by atoms with Crippen molar-refractivity contribution in [2.45, 2.75) is 39.3 Å². The largest absolute Gasteiger partial charge is 0.352 e. The van der Waals surface area contributed by atoms with E-state index in [1.54, 1.807) is 12.1 Å². The molecule has 0 aliphatic heterocycles. The Labute approximate surface area is 108 Å². The van der Waals surface area contributed by atoms with Gasteiger partial charge in [-0.1, -0.05) is 26.0 Å². The van der Waals surface area contributed by atoms with Crippen molar-refractivity contribution >= 4 is 5.91 Å². The quantitative estimate of drug-likeness (QED) is 0.840. The first-order valence-electron chi connectivity index (χ1n) is 6.20. The molecule has 0 saturated heterocycles. The lowest BCUT2D eigenvalue weighted by atomic mass is 10.0. The molecule has 100 valence electrons. The van der Waals surface area contributed by atoms with Crippen LogP contribution in [0.1, 0.15) is 26.3 Å². The Bertz CT molecular complexity index is 389. The van der Waals surface area contributed by atoms with Gasteiger partial charge in [-0.2, -0.15) is 0 Å². The molecule has 2 atom stereocenters. The number of halogens is 1. The maximum absolute atomic E-state index is 12.7. The molecule has 0 radical (unpaired) electrons. The van der Waals surface area contributed by atoms with Crippen LogP contribution in [0.2, 0.25) is 0 Å². The van der Waals surface area contributed by atoms with Crippen LogP contribution in [-0.2, 0) is 11.2 Å². The Kier molecular flexibility index (Phi) is 5.28. The lowest BCUT2D eigenvalue weighted by Crippen LogP contribution is -2.47. The average molecular weight is 252 g/mol. The lowest BCUT2D eigenvalue weighted by Gasteiger charge is -2.19. The summed E-state index contributed by atoms with van der Waals surface area (Å²) in [4.78, 5) is 11.7. The Balaban J connectivity index is 2.49. The fourth-order valence-electron chi connectivity index (χ4n) is 1.67. The number of benzene rings is 1. The number of hydrogen-bond donors (Lipinski definition) is 2. The highest BCUT2D eigenvalue weighted by atomic mass is 19.1. The maximum Gasteiger partial charge on any atom is 0.237 e. The van der Waals surface area contributed by atoms with Crippen LogP contribution in [0.25, 0.3) is 0 Å². The summed E-state index contributed by atoms with van der Waals surface area (Å²) in [5.74, 6) is -0.278. The summed E-state index contributed by atoms with van der Waals surface area (Å²) in [6, 6.07) is 5.78. The number of nitrogens with two attached hydrogens (primary N) is 1. The van der Waals surface area contributed by atoms with Crippen LogP contribution in [0.4, 0.5) is 4.39 Å². The van der Waals surface area contributed by atoms with Crippen LogP contribution in [0.5, 0.6) is 0 Å². The molecule has 1 amide bonds. The van der Waals surface area contributed by atoms with Crippen molar-refractivity contribution in [3.63, 3.8) is 0 Å². The predicted octanol–water partition coefficient (Wildman–Crippen LogP) is 1.86. The minimum atomic E-state index is -0.485. The van der Waals surface area contributed by atoms with Gasteiger partial charge < -0.3 is 11.1 Å². The third-order valence-corrected chi connectivity index (χ3v) is 2.86. The minimum absolute atomic E-state index is 0.0206. The first kappa shape index (κ1) is 14.6. The first-order chi connectivity index (χ1) is 8.40. The number of amides is 1. The Hall–Kier alpha value is -1.42. The molecule has 0 aromatic heterocycles. The summed E-state index contributed by atoms with van der Waals surface area (Å²) >= 11 is 0. The molecular weight excluding hydrogens is 231 g/mol. The van der Waals surface area contributed by atoms with E-state index in [1.165, 1.54) is 12.1 Å². The van der Waals surface area contributed by atoms with Crippen molar-refractivity contribution in [1.82, 2.24) is 5.32 Å². The van der Waals surface area contributed by atoms with Gasteiger partial charge in [0.1, 0.15) is 5.82 Å². The minimum Gasteiger partial charge on any atom is -0.352 e. The molecule has 0 saturated carbocycles. The molecule has 1 aromatic rings. The van der Waals surface area contributed by atoms with Crippen molar-refractivity contribution in [3.8, 4) is 0 Å². The van der Waals surface area contributed by atoms with E-state index in [0.29, 0.717) is 6.42 Å². The Morgan fingerprint density at radius 1 is 1.28 bits per heavy atom. The van der Waals surface area contributed by atoms with Gasteiger partial charge in [-0.15, -0.1) is 0 Å². The second kappa shape index (κ2) is 6.50. The molecule has 0 aliphatic carbocycles. The highest BCUT2D eigenvalue weighted by Gasteiger charge is 2.18. The van der Waals surface area contributed by atoms with E-state index in [2.05, 4.69) is 5.32 Å². The van der Waals surface area contributed by atoms with Gasteiger partial charge >= 0.3 is 0 Å². The Morgan fingerprint density at radius 2 is 1.83 bits per heavy atom. The van der Waals surface area contributed by atoms with E-state index in [1.807, 2.05) is 20.8 Å². The van der Waals surface area contributed by atoms with E-state index in [-0.39, 0.29) is 23.7 Å². The lowest BCUT2D eigenvalue weighted by molar-refractivity contribution is -0.123. The summed E-state index contributed by atoms with van der Waals surface area (Å²) in [5.41, 5.74) is 6.75. The second-order valence-corrected chi connectivity index (χ2v) is 5.01. The van der Waals surface area contributed by atoms with Gasteiger partial charge in [0.05, 0.1) is 6.04 Å². The van der Waals surface area contributed by atoms with E-state index < -0.39 is 6.04 Å². The van der Waals surface area contributed by atoms with Gasteiger partial charge in [0.15, 0.2) is 0 Å². The van der Waals surface area contributed by atoms with E-state index in [4.69, 9.17) is 5.73 Å². The van der Waals surface area contributed by atoms with Crippen LogP contribution in [0, 0.1) is 11.7 Å². The van der Waals surface area contributed by atoms with Gasteiger partial charge in [0, 0.05) is 6.04 Å². The maximum atomic E-state index is 12.7. The predicted molar refractivity (Wildman–Crippen MR) is 70.5 cm³/mol. The zero-order valence-corrected chi connectivity index (χ0v) is 11.1. The number of carbonyl (C=O) groups is 1. The van der Waals surface area contributed by atoms with Crippen LogP contribution in [-0.4, -0.2) is 18.0 Å². The van der Waals surface area contributed by atoms with E-state index in [9.17, 15) is 9.18 Å². The molecule has 0 fully saturated rings. The molecular formula is C14H21FN2O. The fourth-order valence-corrected chi connectivity index (χ4v) is 1.67. The van der Waals surface area contributed by atoms with Gasteiger partial charge in [-0.3, -0.25) is 4.79 Å². The zero-order valence-electron chi connectivity index (χ0n) is 11.1. The summed E-state index contributed by atoms with van der Waals surface area (Å²) in [6.45, 7) is 5.73. The van der Waals surface area contributed by atoms with E-state index in [0.717, 1.165) is 5.56 Å². The van der Waals surface area contributed by atoms with Crippen molar-refractivity contribution in [3.05, 3.63) is 35.6 Å². The number of nitrogens with one attached hydrogen (secondary N) is 1. The Morgan fingerprint density at radius 3 is 2.33 bits per heavy atom. The molecule has 2 unspecified atom stereocenters. The average Bonchev–Trinajstić information content (AvgIpc) is 2.30. The van der Waals surface area contributed by atoms with Crippen LogP contribution in [0.15, 0.2) is 24.3 Å². The SMILES string of the molecule is CC(Cc1ccc(F)cc1)NC(=O)C(N)C(C)C. The summed E-state index contributed by atoms with van der Waals surface area (Å²) in [7, 11) is 0. The topological polar surface area (TPSA) is 55.1 Å². The molecule has 1 rings (SSSR count). The van der Waals surface area contributed by atoms with Gasteiger partial charge in [-0.25, -0.2) is 4.39 Å². The third kappa shape index (κ3) is 4.45. The fraction of sp³-hybridized carbons (Fsp3) is 0.500. The van der Waals surface area contributed by atoms with E-state index >= 15 is 0 Å². The zero-order chi connectivity index (χ0) is 13.7. The summed E-state index contributed by atoms with van der Waals surface area (Å²) in [5, 5.41) is 2.87. The molecule has 18 heavy (non-hydrogen) atoms. The van der Waals surface area contributed by atoms with Crippen molar-refractivity contribution < 1.29 is 9.18 Å². The number of carbonyl (C=O) groups excluding carboxylic acids is 1. The monoisotopic (exact) mass is 252 g/mol. The first-order valence-corrected chi connectivity index (χ1v) is 6.20. The molecule has 0 bridgehead atoms. The normalized spacial score (nSPS) is 14.3. The van der Waals surface area contributed by atoms with Crippen molar-refractivity contribution in [1.29, 1.82) is 0 Å². The highest BCUT2D eigenvalue weighted by molar-refractivity contribution is 5.81. The van der Waals surface area contributed by atoms with Gasteiger partial charge in [0.25, 0.3) is 0 Å². The number of hydrogen-bond acceptors (Lipinski definition) is 2. The summed E-state index contributed by atoms with van der Waals surface area (Å²) < 4.78 is 12.7. The highest BCUT2D eigenvalue weighted by Crippen LogP contribution is 2.06. The van der Waals surface area contributed by atoms with Crippen molar-refractivity contribution in [2.75, 3.05) is 0 Å². The van der Waals surface area contributed by atoms with Crippen molar-refractivity contribution in [2.24, 2.45) is 11.7 Å². The molecule has 1 aromatic carbocycles. The molecule has 4 heteroatoms.